The molecule has 11 heteroatoms. The average molecular weight is 545 g/mol. The van der Waals surface area contributed by atoms with Crippen molar-refractivity contribution < 1.29 is 17.9 Å². The smallest absolute Gasteiger partial charge is 0.379 e. The van der Waals surface area contributed by atoms with E-state index in [1.54, 1.807) is 12.3 Å². The first-order valence-electron chi connectivity index (χ1n) is 13.6. The number of halogens is 3. The second kappa shape index (κ2) is 10.0. The second-order valence-electron chi connectivity index (χ2n) is 11.6. The van der Waals surface area contributed by atoms with Gasteiger partial charge in [-0.2, -0.15) is 13.2 Å². The quantitative estimate of drug-likeness (QED) is 0.497. The van der Waals surface area contributed by atoms with Gasteiger partial charge in [-0.05, 0) is 68.1 Å². The molecule has 8 nitrogen and oxygen atoms in total. The van der Waals surface area contributed by atoms with Gasteiger partial charge in [-0.15, -0.1) is 0 Å². The highest BCUT2D eigenvalue weighted by Gasteiger charge is 2.44. The molecule has 6 rings (SSSR count). The lowest BCUT2D eigenvalue weighted by molar-refractivity contribution is -0.136. The van der Waals surface area contributed by atoms with Gasteiger partial charge in [0, 0.05) is 30.9 Å². The third-order valence-electron chi connectivity index (χ3n) is 8.48. The number of imidazole rings is 1. The van der Waals surface area contributed by atoms with Crippen LogP contribution in [0.4, 0.5) is 13.2 Å². The van der Waals surface area contributed by atoms with Crippen molar-refractivity contribution in [1.82, 2.24) is 29.6 Å². The molecule has 2 N–H and O–H groups in total. The molecule has 5 heterocycles. The van der Waals surface area contributed by atoms with Gasteiger partial charge in [0.15, 0.2) is 0 Å². The number of hydrogen-bond acceptors (Lipinski definition) is 6. The number of rotatable bonds is 6. The molecular weight excluding hydrogens is 509 g/mol. The predicted octanol–water partition coefficient (Wildman–Crippen LogP) is 3.32. The number of likely N-dealkylation sites (tertiary alicyclic amines) is 1. The second-order valence-corrected chi connectivity index (χ2v) is 11.6. The fourth-order valence-electron chi connectivity index (χ4n) is 6.25. The highest BCUT2D eigenvalue weighted by atomic mass is 19.4. The van der Waals surface area contributed by atoms with E-state index in [2.05, 4.69) is 27.6 Å². The van der Waals surface area contributed by atoms with Crippen LogP contribution in [-0.4, -0.2) is 65.0 Å². The first kappa shape index (κ1) is 26.5. The summed E-state index contributed by atoms with van der Waals surface area (Å²) in [4.78, 5) is 17.9. The van der Waals surface area contributed by atoms with Crippen molar-refractivity contribution >= 4 is 5.52 Å². The summed E-state index contributed by atoms with van der Waals surface area (Å²) in [7, 11) is 2.03. The fraction of sp³-hybridized carbons (Fsp3) is 0.536. The van der Waals surface area contributed by atoms with Crippen molar-refractivity contribution in [3.63, 3.8) is 0 Å². The van der Waals surface area contributed by atoms with E-state index < -0.39 is 17.4 Å². The monoisotopic (exact) mass is 544 g/mol. The Morgan fingerprint density at radius 3 is 2.67 bits per heavy atom. The Kier molecular flexibility index (Phi) is 6.83. The van der Waals surface area contributed by atoms with Crippen LogP contribution in [0.3, 0.4) is 0 Å². The van der Waals surface area contributed by atoms with Gasteiger partial charge in [-0.1, -0.05) is 19.1 Å². The average Bonchev–Trinajstić information content (AvgIpc) is 3.43. The van der Waals surface area contributed by atoms with E-state index in [0.29, 0.717) is 36.9 Å². The van der Waals surface area contributed by atoms with Crippen LogP contribution < -0.4 is 16.5 Å². The SMILES string of the molecule is C[C@H]1CCCN(Cc2cc(C(F)(F)F)c3cn(-c4cccc(C5(CC6NNCN6C)COC5)c4)c(=O)n3c2)C1. The number of hydrogen-bond donors (Lipinski definition) is 2. The third kappa shape index (κ3) is 5.02. The topological polar surface area (TPSA) is 66.2 Å². The van der Waals surface area contributed by atoms with E-state index in [9.17, 15) is 18.0 Å². The minimum atomic E-state index is -4.58. The van der Waals surface area contributed by atoms with E-state index >= 15 is 0 Å². The number of alkyl halides is 3. The summed E-state index contributed by atoms with van der Waals surface area (Å²) < 4.78 is 50.7. The van der Waals surface area contributed by atoms with E-state index in [4.69, 9.17) is 4.74 Å². The van der Waals surface area contributed by atoms with E-state index in [1.807, 2.05) is 25.2 Å². The number of hydrazine groups is 1. The van der Waals surface area contributed by atoms with Crippen LogP contribution in [-0.2, 0) is 22.9 Å². The first-order chi connectivity index (χ1) is 18.6. The summed E-state index contributed by atoms with van der Waals surface area (Å²) >= 11 is 0. The summed E-state index contributed by atoms with van der Waals surface area (Å²) in [5, 5.41) is 0. The van der Waals surface area contributed by atoms with Crippen molar-refractivity contribution in [1.29, 1.82) is 0 Å². The Morgan fingerprint density at radius 2 is 2.00 bits per heavy atom. The third-order valence-corrected chi connectivity index (χ3v) is 8.48. The number of aromatic nitrogens is 2. The molecule has 1 aromatic carbocycles. The molecule has 0 saturated carbocycles. The Hall–Kier alpha value is -2.70. The number of piperidine rings is 1. The highest BCUT2D eigenvalue weighted by molar-refractivity contribution is 5.58. The molecule has 3 fully saturated rings. The molecule has 3 saturated heterocycles. The van der Waals surface area contributed by atoms with Gasteiger partial charge in [-0.25, -0.2) is 15.6 Å². The maximum Gasteiger partial charge on any atom is 0.418 e. The molecule has 3 aliphatic rings. The largest absolute Gasteiger partial charge is 0.418 e. The van der Waals surface area contributed by atoms with Crippen LogP contribution in [0.1, 0.15) is 42.9 Å². The summed E-state index contributed by atoms with van der Waals surface area (Å²) in [5.74, 6) is 0.506. The lowest BCUT2D eigenvalue weighted by Gasteiger charge is -2.44. The first-order valence-corrected chi connectivity index (χ1v) is 13.6. The zero-order valence-corrected chi connectivity index (χ0v) is 22.3. The van der Waals surface area contributed by atoms with Crippen molar-refractivity contribution in [3.05, 3.63) is 69.9 Å². The number of ether oxygens (including phenoxy) is 1. The van der Waals surface area contributed by atoms with E-state index in [0.717, 1.165) is 49.0 Å². The van der Waals surface area contributed by atoms with Crippen LogP contribution in [0.25, 0.3) is 11.2 Å². The summed E-state index contributed by atoms with van der Waals surface area (Å²) in [6, 6.07) is 8.75. The Bertz CT molecular complexity index is 1410. The molecule has 0 spiro atoms. The summed E-state index contributed by atoms with van der Waals surface area (Å²) in [5.41, 5.74) is 6.78. The predicted molar refractivity (Wildman–Crippen MR) is 141 cm³/mol. The van der Waals surface area contributed by atoms with Crippen LogP contribution in [0.15, 0.2) is 47.5 Å². The number of fused-ring (bicyclic) bond motifs is 1. The molecule has 2 aromatic heterocycles. The standard InChI is InChI=1S/C28H35F3N6O2/c1-19-5-4-8-35(12-19)13-20-9-23(28(29,30)31)24-15-36(26(38)37(24)14-20)22-7-3-6-21(10-22)27(16-39-17-27)11-25-33-32-18-34(25)2/h3,6-7,9-10,14-15,19,25,32-33H,4-5,8,11-13,16-18H2,1-2H3/t19-,25?/m0/s1. The molecule has 0 aliphatic carbocycles. The number of benzene rings is 1. The van der Waals surface area contributed by atoms with Crippen molar-refractivity contribution in [3.8, 4) is 5.69 Å². The maximum absolute atomic E-state index is 14.2. The molecule has 0 amide bonds. The minimum Gasteiger partial charge on any atom is -0.379 e. The number of pyridine rings is 1. The van der Waals surface area contributed by atoms with Gasteiger partial charge < -0.3 is 4.74 Å². The van der Waals surface area contributed by atoms with Gasteiger partial charge in [-0.3, -0.25) is 18.8 Å². The molecule has 0 bridgehead atoms. The molecule has 3 aromatic rings. The Morgan fingerprint density at radius 1 is 1.18 bits per heavy atom. The molecule has 2 atom stereocenters. The maximum atomic E-state index is 14.2. The van der Waals surface area contributed by atoms with Crippen LogP contribution in [0, 0.1) is 5.92 Å². The minimum absolute atomic E-state index is 0.119. The van der Waals surface area contributed by atoms with Gasteiger partial charge in [0.25, 0.3) is 0 Å². The van der Waals surface area contributed by atoms with Gasteiger partial charge in [0.2, 0.25) is 0 Å². The van der Waals surface area contributed by atoms with Crippen LogP contribution in [0.5, 0.6) is 0 Å². The number of nitrogens with zero attached hydrogens (tertiary/aromatic N) is 4. The lowest BCUT2D eigenvalue weighted by Crippen LogP contribution is -2.52. The van der Waals surface area contributed by atoms with Crippen LogP contribution in [0.2, 0.25) is 0 Å². The van der Waals surface area contributed by atoms with Gasteiger partial charge in [0.1, 0.15) is 0 Å². The molecule has 1 unspecified atom stereocenters. The van der Waals surface area contributed by atoms with Crippen molar-refractivity contribution in [2.24, 2.45) is 5.92 Å². The van der Waals surface area contributed by atoms with Gasteiger partial charge in [0.05, 0.1) is 42.8 Å². The molecule has 3 aliphatic heterocycles. The zero-order valence-electron chi connectivity index (χ0n) is 22.3. The Balaban J connectivity index is 1.37. The molecule has 210 valence electrons. The molecular formula is C28H35F3N6O2. The van der Waals surface area contributed by atoms with E-state index in [-0.39, 0.29) is 17.1 Å². The molecule has 39 heavy (non-hydrogen) atoms. The summed E-state index contributed by atoms with van der Waals surface area (Å²) in [6.45, 7) is 6.06. The fourth-order valence-corrected chi connectivity index (χ4v) is 6.25. The van der Waals surface area contributed by atoms with Gasteiger partial charge >= 0.3 is 11.9 Å². The summed E-state index contributed by atoms with van der Waals surface area (Å²) in [6.07, 6.45) is 1.37. The normalized spacial score (nSPS) is 24.3. The van der Waals surface area contributed by atoms with Crippen molar-refractivity contribution in [2.75, 3.05) is 40.0 Å². The lowest BCUT2D eigenvalue weighted by atomic mass is 9.74. The van der Waals surface area contributed by atoms with Crippen molar-refractivity contribution in [2.45, 2.75) is 50.5 Å². The highest BCUT2D eigenvalue weighted by Crippen LogP contribution is 2.39. The Labute approximate surface area is 225 Å². The van der Waals surface area contributed by atoms with E-state index in [1.165, 1.54) is 16.8 Å². The van der Waals surface area contributed by atoms with Crippen LogP contribution >= 0.6 is 0 Å². The zero-order chi connectivity index (χ0) is 27.4. The number of nitrogens with one attached hydrogen (secondary N) is 2. The molecule has 0 radical (unpaired) electrons.